The Morgan fingerprint density at radius 1 is 0.865 bits per heavy atom. The van der Waals surface area contributed by atoms with Crippen LogP contribution in [0.15, 0.2) is 66.7 Å². The lowest BCUT2D eigenvalue weighted by Crippen LogP contribution is -2.51. The predicted octanol–water partition coefficient (Wildman–Crippen LogP) is 6.07. The highest BCUT2D eigenvalue weighted by atomic mass is 16.5. The van der Waals surface area contributed by atoms with Crippen molar-refractivity contribution in [3.05, 3.63) is 77.9 Å². The molecule has 1 aliphatic carbocycles. The first-order valence-electron chi connectivity index (χ1n) is 12.9. The number of carbonyl (C=O) groups is 3. The highest BCUT2D eigenvalue weighted by Gasteiger charge is 2.36. The van der Waals surface area contributed by atoms with Crippen molar-refractivity contribution in [1.82, 2.24) is 5.32 Å². The average Bonchev–Trinajstić information content (AvgIpc) is 2.90. The van der Waals surface area contributed by atoms with E-state index in [1.807, 2.05) is 75.4 Å². The second kappa shape index (κ2) is 11.2. The molecule has 1 aliphatic rings. The zero-order valence-corrected chi connectivity index (χ0v) is 22.0. The second-order valence-electron chi connectivity index (χ2n) is 11.0. The lowest BCUT2D eigenvalue weighted by Gasteiger charge is -2.33. The van der Waals surface area contributed by atoms with Crippen molar-refractivity contribution in [3.63, 3.8) is 0 Å². The molecule has 2 N–H and O–H groups in total. The summed E-state index contributed by atoms with van der Waals surface area (Å²) < 4.78 is 4.90. The molecule has 0 aromatic heterocycles. The van der Waals surface area contributed by atoms with Gasteiger partial charge in [0, 0.05) is 17.2 Å². The SMILES string of the molecule is COC(=O)[C@@H](NC(=O)[C@H]1CC[C@H](c2ccc(NC(=O)c3ccc4ccccc4c3)cc2)CC1)C(C)(C)C. The fourth-order valence-electron chi connectivity index (χ4n) is 5.07. The Balaban J connectivity index is 1.32. The molecule has 0 bridgehead atoms. The lowest BCUT2D eigenvalue weighted by atomic mass is 9.78. The largest absolute Gasteiger partial charge is 0.467 e. The summed E-state index contributed by atoms with van der Waals surface area (Å²) in [5.74, 6) is -0.358. The number of methoxy groups -OCH3 is 1. The van der Waals surface area contributed by atoms with Gasteiger partial charge in [-0.1, -0.05) is 63.2 Å². The van der Waals surface area contributed by atoms with Gasteiger partial charge in [-0.15, -0.1) is 0 Å². The molecule has 6 heteroatoms. The van der Waals surface area contributed by atoms with Crippen LogP contribution in [0.1, 0.15) is 68.3 Å². The molecule has 2 amide bonds. The Kier molecular flexibility index (Phi) is 7.96. The molecule has 3 aromatic carbocycles. The number of rotatable bonds is 6. The van der Waals surface area contributed by atoms with Gasteiger partial charge < -0.3 is 15.4 Å². The molecule has 0 aliphatic heterocycles. The molecule has 0 unspecified atom stereocenters. The number of esters is 1. The van der Waals surface area contributed by atoms with Crippen molar-refractivity contribution < 1.29 is 19.1 Å². The summed E-state index contributed by atoms with van der Waals surface area (Å²) in [5.41, 5.74) is 2.17. The topological polar surface area (TPSA) is 84.5 Å². The van der Waals surface area contributed by atoms with Crippen LogP contribution < -0.4 is 10.6 Å². The standard InChI is InChI=1S/C31H36N2O4/c1-31(2,3)27(30(36)37-4)33-28(34)23-12-9-21(10-13-23)22-15-17-26(18-16-22)32-29(35)25-14-11-20-7-5-6-8-24(20)19-25/h5-8,11,14-19,21,23,27H,9-10,12-13H2,1-4H3,(H,32,35)(H,33,34)/t21-,23-,27-/m1/s1. The number of carbonyl (C=O) groups excluding carboxylic acids is 3. The number of amides is 2. The summed E-state index contributed by atoms with van der Waals surface area (Å²) in [4.78, 5) is 37.8. The van der Waals surface area contributed by atoms with Gasteiger partial charge in [-0.3, -0.25) is 9.59 Å². The van der Waals surface area contributed by atoms with Crippen LogP contribution in [0.5, 0.6) is 0 Å². The van der Waals surface area contributed by atoms with E-state index in [0.717, 1.165) is 42.1 Å². The molecule has 0 heterocycles. The van der Waals surface area contributed by atoms with Crippen molar-refractivity contribution in [3.8, 4) is 0 Å². The second-order valence-corrected chi connectivity index (χ2v) is 11.0. The summed E-state index contributed by atoms with van der Waals surface area (Å²) >= 11 is 0. The van der Waals surface area contributed by atoms with Gasteiger partial charge in [0.1, 0.15) is 6.04 Å². The van der Waals surface area contributed by atoms with Crippen LogP contribution in [0.4, 0.5) is 5.69 Å². The van der Waals surface area contributed by atoms with Crippen molar-refractivity contribution in [2.45, 2.75) is 58.4 Å². The molecule has 0 radical (unpaired) electrons. The zero-order chi connectivity index (χ0) is 26.6. The monoisotopic (exact) mass is 500 g/mol. The minimum absolute atomic E-state index is 0.0736. The number of anilines is 1. The van der Waals surface area contributed by atoms with Crippen molar-refractivity contribution >= 4 is 34.2 Å². The fourth-order valence-corrected chi connectivity index (χ4v) is 5.07. The molecule has 6 nitrogen and oxygen atoms in total. The molecule has 1 fully saturated rings. The van der Waals surface area contributed by atoms with Gasteiger partial charge in [0.15, 0.2) is 0 Å². The van der Waals surface area contributed by atoms with E-state index in [-0.39, 0.29) is 17.7 Å². The number of ether oxygens (including phenoxy) is 1. The van der Waals surface area contributed by atoms with Gasteiger partial charge in [0.25, 0.3) is 5.91 Å². The number of benzene rings is 3. The van der Waals surface area contributed by atoms with Crippen LogP contribution >= 0.6 is 0 Å². The number of fused-ring (bicyclic) bond motifs is 1. The number of nitrogens with one attached hydrogen (secondary N) is 2. The van der Waals surface area contributed by atoms with Crippen LogP contribution in [-0.4, -0.2) is 30.9 Å². The summed E-state index contributed by atoms with van der Waals surface area (Å²) in [5, 5.41) is 8.06. The summed E-state index contributed by atoms with van der Waals surface area (Å²) in [6.45, 7) is 5.75. The molecule has 1 atom stereocenters. The Morgan fingerprint density at radius 2 is 1.51 bits per heavy atom. The fraction of sp³-hybridized carbons (Fsp3) is 0.387. The van der Waals surface area contributed by atoms with Crippen LogP contribution in [0.25, 0.3) is 10.8 Å². The van der Waals surface area contributed by atoms with Crippen LogP contribution in [0.3, 0.4) is 0 Å². The van der Waals surface area contributed by atoms with Crippen LogP contribution in [0.2, 0.25) is 0 Å². The molecular weight excluding hydrogens is 464 g/mol. The smallest absolute Gasteiger partial charge is 0.328 e. The Morgan fingerprint density at radius 3 is 2.14 bits per heavy atom. The van der Waals surface area contributed by atoms with E-state index < -0.39 is 17.4 Å². The lowest BCUT2D eigenvalue weighted by molar-refractivity contribution is -0.149. The quantitative estimate of drug-likeness (QED) is 0.402. The normalized spacial score (nSPS) is 18.6. The maximum Gasteiger partial charge on any atom is 0.328 e. The minimum Gasteiger partial charge on any atom is -0.467 e. The minimum atomic E-state index is -0.667. The number of hydrogen-bond donors (Lipinski definition) is 2. The first-order chi connectivity index (χ1) is 17.7. The zero-order valence-electron chi connectivity index (χ0n) is 22.0. The van der Waals surface area contributed by atoms with Gasteiger partial charge in [0.2, 0.25) is 5.91 Å². The first-order valence-corrected chi connectivity index (χ1v) is 12.9. The molecule has 194 valence electrons. The molecule has 0 saturated heterocycles. The predicted molar refractivity (Wildman–Crippen MR) is 146 cm³/mol. The molecule has 1 saturated carbocycles. The van der Waals surface area contributed by atoms with E-state index in [1.54, 1.807) is 0 Å². The number of hydrogen-bond acceptors (Lipinski definition) is 4. The Labute approximate surface area is 218 Å². The molecule has 0 spiro atoms. The van der Waals surface area contributed by atoms with Gasteiger partial charge in [-0.25, -0.2) is 4.79 Å². The van der Waals surface area contributed by atoms with Gasteiger partial charge in [-0.05, 0) is 77.6 Å². The van der Waals surface area contributed by atoms with E-state index in [0.29, 0.717) is 11.5 Å². The van der Waals surface area contributed by atoms with E-state index in [9.17, 15) is 14.4 Å². The van der Waals surface area contributed by atoms with Crippen molar-refractivity contribution in [2.75, 3.05) is 12.4 Å². The third-order valence-corrected chi connectivity index (χ3v) is 7.34. The maximum absolute atomic E-state index is 12.9. The van der Waals surface area contributed by atoms with E-state index in [2.05, 4.69) is 22.8 Å². The van der Waals surface area contributed by atoms with E-state index in [1.165, 1.54) is 12.7 Å². The van der Waals surface area contributed by atoms with Crippen LogP contribution in [-0.2, 0) is 14.3 Å². The molecule has 3 aromatic rings. The van der Waals surface area contributed by atoms with Gasteiger partial charge in [-0.2, -0.15) is 0 Å². The summed E-state index contributed by atoms with van der Waals surface area (Å²) in [6.07, 6.45) is 3.35. The van der Waals surface area contributed by atoms with E-state index >= 15 is 0 Å². The first kappa shape index (κ1) is 26.4. The van der Waals surface area contributed by atoms with Crippen LogP contribution in [0, 0.1) is 11.3 Å². The Hall–Kier alpha value is -3.67. The third-order valence-electron chi connectivity index (χ3n) is 7.34. The van der Waals surface area contributed by atoms with Crippen molar-refractivity contribution in [1.29, 1.82) is 0 Å². The highest BCUT2D eigenvalue weighted by Crippen LogP contribution is 2.36. The highest BCUT2D eigenvalue weighted by molar-refractivity contribution is 6.06. The summed E-state index contributed by atoms with van der Waals surface area (Å²) in [6, 6.07) is 21.0. The van der Waals surface area contributed by atoms with Crippen molar-refractivity contribution in [2.24, 2.45) is 11.3 Å². The van der Waals surface area contributed by atoms with Gasteiger partial charge in [0.05, 0.1) is 7.11 Å². The molecule has 37 heavy (non-hydrogen) atoms. The summed E-state index contributed by atoms with van der Waals surface area (Å²) in [7, 11) is 1.35. The molecule has 4 rings (SSSR count). The van der Waals surface area contributed by atoms with E-state index in [4.69, 9.17) is 4.74 Å². The van der Waals surface area contributed by atoms with Gasteiger partial charge >= 0.3 is 5.97 Å². The Bertz CT molecular complexity index is 1270. The average molecular weight is 501 g/mol. The third kappa shape index (κ3) is 6.37. The molecular formula is C31H36N2O4. The maximum atomic E-state index is 12.9.